The number of anilines is 1. The second-order valence-corrected chi connectivity index (χ2v) is 8.63. The third kappa shape index (κ3) is 3.99. The van der Waals surface area contributed by atoms with E-state index in [4.69, 9.17) is 0 Å². The number of rotatable bonds is 5. The van der Waals surface area contributed by atoms with Crippen LogP contribution in [0.25, 0.3) is 0 Å². The SMILES string of the molecule is CC(C)C(=O)N1CCc2ccc(NS(=O)(=O)c3ccccc3[N+](=O)[O-])cc2C1. The first-order valence-corrected chi connectivity index (χ1v) is 10.3. The van der Waals surface area contributed by atoms with Crippen LogP contribution in [0.1, 0.15) is 25.0 Å². The molecule has 148 valence electrons. The highest BCUT2D eigenvalue weighted by molar-refractivity contribution is 7.92. The molecule has 28 heavy (non-hydrogen) atoms. The third-order valence-corrected chi connectivity index (χ3v) is 6.06. The molecule has 1 heterocycles. The van der Waals surface area contributed by atoms with Gasteiger partial charge < -0.3 is 4.90 Å². The zero-order valence-corrected chi connectivity index (χ0v) is 16.4. The maximum Gasteiger partial charge on any atom is 0.289 e. The van der Waals surface area contributed by atoms with E-state index in [-0.39, 0.29) is 11.8 Å². The molecule has 0 saturated carbocycles. The van der Waals surface area contributed by atoms with Crippen LogP contribution in [-0.2, 0) is 27.8 Å². The molecule has 0 aliphatic carbocycles. The number of amides is 1. The fourth-order valence-corrected chi connectivity index (χ4v) is 4.44. The largest absolute Gasteiger partial charge is 0.338 e. The molecule has 2 aromatic carbocycles. The fourth-order valence-electron chi connectivity index (χ4n) is 3.22. The number of sulfonamides is 1. The van der Waals surface area contributed by atoms with Crippen LogP contribution in [0, 0.1) is 16.0 Å². The number of fused-ring (bicyclic) bond motifs is 1. The molecule has 0 unspecified atom stereocenters. The van der Waals surface area contributed by atoms with Crippen molar-refractivity contribution in [3.05, 3.63) is 63.7 Å². The predicted octanol–water partition coefficient (Wildman–Crippen LogP) is 2.94. The molecule has 9 heteroatoms. The molecule has 0 bridgehead atoms. The quantitative estimate of drug-likeness (QED) is 0.610. The van der Waals surface area contributed by atoms with Crippen LogP contribution < -0.4 is 4.72 Å². The average molecular weight is 403 g/mol. The van der Waals surface area contributed by atoms with E-state index in [1.807, 2.05) is 19.9 Å². The highest BCUT2D eigenvalue weighted by Crippen LogP contribution is 2.28. The Kier molecular flexibility index (Phi) is 5.37. The summed E-state index contributed by atoms with van der Waals surface area (Å²) in [6, 6.07) is 10.3. The summed E-state index contributed by atoms with van der Waals surface area (Å²) in [6.45, 7) is 4.73. The van der Waals surface area contributed by atoms with Gasteiger partial charge in [-0.1, -0.05) is 32.0 Å². The van der Waals surface area contributed by atoms with Crippen LogP contribution in [0.5, 0.6) is 0 Å². The molecule has 8 nitrogen and oxygen atoms in total. The number of nitro groups is 1. The van der Waals surface area contributed by atoms with Crippen molar-refractivity contribution in [1.82, 2.24) is 4.90 Å². The van der Waals surface area contributed by atoms with Crippen molar-refractivity contribution in [2.75, 3.05) is 11.3 Å². The van der Waals surface area contributed by atoms with Gasteiger partial charge in [0.2, 0.25) is 5.91 Å². The van der Waals surface area contributed by atoms with Gasteiger partial charge in [-0.15, -0.1) is 0 Å². The van der Waals surface area contributed by atoms with Gasteiger partial charge in [-0.25, -0.2) is 8.42 Å². The first-order chi connectivity index (χ1) is 13.2. The van der Waals surface area contributed by atoms with Crippen molar-refractivity contribution in [2.24, 2.45) is 5.92 Å². The lowest BCUT2D eigenvalue weighted by molar-refractivity contribution is -0.387. The molecule has 0 saturated heterocycles. The minimum absolute atomic E-state index is 0.0524. The Labute approximate surface area is 163 Å². The van der Waals surface area contributed by atoms with Gasteiger partial charge in [-0.05, 0) is 35.7 Å². The van der Waals surface area contributed by atoms with Gasteiger partial charge in [-0.2, -0.15) is 0 Å². The first-order valence-electron chi connectivity index (χ1n) is 8.86. The molecule has 2 aromatic rings. The van der Waals surface area contributed by atoms with E-state index in [2.05, 4.69) is 4.72 Å². The Morgan fingerprint density at radius 2 is 1.89 bits per heavy atom. The lowest BCUT2D eigenvalue weighted by Gasteiger charge is -2.30. The molecule has 0 atom stereocenters. The number of benzene rings is 2. The monoisotopic (exact) mass is 403 g/mol. The van der Waals surface area contributed by atoms with Gasteiger partial charge >= 0.3 is 0 Å². The summed E-state index contributed by atoms with van der Waals surface area (Å²) in [4.78, 5) is 24.0. The molecule has 1 aliphatic heterocycles. The van der Waals surface area contributed by atoms with Gasteiger partial charge in [0.1, 0.15) is 0 Å². The summed E-state index contributed by atoms with van der Waals surface area (Å²) in [5, 5.41) is 11.1. The number of carbonyl (C=O) groups is 1. The Morgan fingerprint density at radius 1 is 1.18 bits per heavy atom. The fraction of sp³-hybridized carbons (Fsp3) is 0.316. The molecule has 3 rings (SSSR count). The number of hydrogen-bond donors (Lipinski definition) is 1. The topological polar surface area (TPSA) is 110 Å². The number of carbonyl (C=O) groups excluding carboxylic acids is 1. The summed E-state index contributed by atoms with van der Waals surface area (Å²) in [7, 11) is -4.13. The number of nitro benzene ring substituents is 1. The average Bonchev–Trinajstić information content (AvgIpc) is 2.66. The molecule has 1 N–H and O–H groups in total. The van der Waals surface area contributed by atoms with Crippen molar-refractivity contribution < 1.29 is 18.1 Å². The Balaban J connectivity index is 1.88. The highest BCUT2D eigenvalue weighted by Gasteiger charge is 2.26. The third-order valence-electron chi connectivity index (χ3n) is 4.63. The van der Waals surface area contributed by atoms with E-state index in [1.54, 1.807) is 17.0 Å². The van der Waals surface area contributed by atoms with Crippen LogP contribution in [-0.4, -0.2) is 30.7 Å². The predicted molar refractivity (Wildman–Crippen MR) is 104 cm³/mol. The Bertz CT molecular complexity index is 1030. The van der Waals surface area contributed by atoms with Gasteiger partial charge in [0.25, 0.3) is 15.7 Å². The Hall–Kier alpha value is -2.94. The zero-order valence-electron chi connectivity index (χ0n) is 15.6. The molecular formula is C19H21N3O5S. The standard InChI is InChI=1S/C19H21N3O5S/c1-13(2)19(23)21-10-9-14-7-8-16(11-15(14)12-21)20-28(26,27)18-6-4-3-5-17(18)22(24)25/h3-8,11,13,20H,9-10,12H2,1-2H3. The van der Waals surface area contributed by atoms with Crippen molar-refractivity contribution in [2.45, 2.75) is 31.7 Å². The van der Waals surface area contributed by atoms with Gasteiger partial charge in [0, 0.05) is 30.8 Å². The normalized spacial score (nSPS) is 13.9. The van der Waals surface area contributed by atoms with E-state index in [9.17, 15) is 23.3 Å². The minimum atomic E-state index is -4.13. The van der Waals surface area contributed by atoms with E-state index in [1.165, 1.54) is 18.2 Å². The van der Waals surface area contributed by atoms with Crippen LogP contribution in [0.3, 0.4) is 0 Å². The molecule has 1 amide bonds. The molecule has 0 aromatic heterocycles. The van der Waals surface area contributed by atoms with Crippen molar-refractivity contribution >= 4 is 27.3 Å². The summed E-state index contributed by atoms with van der Waals surface area (Å²) >= 11 is 0. The van der Waals surface area contributed by atoms with Gasteiger partial charge in [0.15, 0.2) is 4.90 Å². The van der Waals surface area contributed by atoms with E-state index < -0.39 is 25.5 Å². The highest BCUT2D eigenvalue weighted by atomic mass is 32.2. The first kappa shape index (κ1) is 19.8. The number of nitrogens with zero attached hydrogens (tertiary/aromatic N) is 2. The smallest absolute Gasteiger partial charge is 0.289 e. The second-order valence-electron chi connectivity index (χ2n) is 6.98. The van der Waals surface area contributed by atoms with Crippen LogP contribution in [0.2, 0.25) is 0 Å². The number of nitrogens with one attached hydrogen (secondary N) is 1. The van der Waals surface area contributed by atoms with Crippen molar-refractivity contribution in [1.29, 1.82) is 0 Å². The number of para-hydroxylation sites is 1. The molecule has 0 spiro atoms. The molecular weight excluding hydrogens is 382 g/mol. The maximum atomic E-state index is 12.7. The van der Waals surface area contributed by atoms with Crippen molar-refractivity contribution in [3.63, 3.8) is 0 Å². The van der Waals surface area contributed by atoms with Crippen LogP contribution in [0.4, 0.5) is 11.4 Å². The van der Waals surface area contributed by atoms with Gasteiger partial charge in [-0.3, -0.25) is 19.6 Å². The molecule has 0 radical (unpaired) electrons. The Morgan fingerprint density at radius 3 is 2.57 bits per heavy atom. The zero-order chi connectivity index (χ0) is 20.5. The lowest BCUT2D eigenvalue weighted by atomic mass is 9.98. The molecule has 1 aliphatic rings. The molecule has 0 fully saturated rings. The summed E-state index contributed by atoms with van der Waals surface area (Å²) < 4.78 is 27.8. The van der Waals surface area contributed by atoms with E-state index in [0.29, 0.717) is 25.2 Å². The van der Waals surface area contributed by atoms with E-state index >= 15 is 0 Å². The van der Waals surface area contributed by atoms with E-state index in [0.717, 1.165) is 17.2 Å². The number of hydrogen-bond acceptors (Lipinski definition) is 5. The summed E-state index contributed by atoms with van der Waals surface area (Å²) in [5.74, 6) is -0.0570. The summed E-state index contributed by atoms with van der Waals surface area (Å²) in [6.07, 6.45) is 0.699. The van der Waals surface area contributed by atoms with Crippen molar-refractivity contribution in [3.8, 4) is 0 Å². The lowest BCUT2D eigenvalue weighted by Crippen LogP contribution is -2.38. The van der Waals surface area contributed by atoms with Crippen LogP contribution in [0.15, 0.2) is 47.4 Å². The van der Waals surface area contributed by atoms with Crippen LogP contribution >= 0.6 is 0 Å². The second kappa shape index (κ2) is 7.59. The maximum absolute atomic E-state index is 12.7. The minimum Gasteiger partial charge on any atom is -0.338 e. The van der Waals surface area contributed by atoms with Gasteiger partial charge in [0.05, 0.1) is 4.92 Å². The summed E-state index contributed by atoms with van der Waals surface area (Å²) in [5.41, 5.74) is 1.74.